The molecule has 0 bridgehead atoms. The van der Waals surface area contributed by atoms with Crippen molar-refractivity contribution in [2.45, 2.75) is 0 Å². The van der Waals surface area contributed by atoms with E-state index in [1.54, 1.807) is 36.4 Å². The van der Waals surface area contributed by atoms with Crippen molar-refractivity contribution in [2.75, 3.05) is 0 Å². The first-order valence-corrected chi connectivity index (χ1v) is 6.05. The summed E-state index contributed by atoms with van der Waals surface area (Å²) in [6.07, 6.45) is 0.763. The van der Waals surface area contributed by atoms with Gasteiger partial charge in [-0.2, -0.15) is 0 Å². The fraction of sp³-hybridized carbons (Fsp3) is 0. The number of rotatable bonds is 3. The van der Waals surface area contributed by atoms with Gasteiger partial charge in [-0.3, -0.25) is 4.79 Å². The predicted molar refractivity (Wildman–Crippen MR) is 71.1 cm³/mol. The summed E-state index contributed by atoms with van der Waals surface area (Å²) >= 11 is 9.19. The van der Waals surface area contributed by atoms with Crippen molar-refractivity contribution in [1.82, 2.24) is 0 Å². The van der Waals surface area contributed by atoms with Crippen LogP contribution in [0.2, 0.25) is 5.02 Å². The number of carbonyl (C=O) groups excluding carboxylic acids is 1. The van der Waals surface area contributed by atoms with Gasteiger partial charge in [-0.25, -0.2) is 0 Å². The average molecular weight is 312 g/mol. The third-order valence-corrected chi connectivity index (χ3v) is 3.01. The van der Waals surface area contributed by atoms with Crippen molar-refractivity contribution < 1.29 is 9.53 Å². The average Bonchev–Trinajstić information content (AvgIpc) is 2.33. The maximum atomic E-state index is 10.8. The molecule has 0 amide bonds. The minimum absolute atomic E-state index is 0.509. The zero-order valence-corrected chi connectivity index (χ0v) is 11.0. The summed E-state index contributed by atoms with van der Waals surface area (Å²) in [6, 6.07) is 12.2. The minimum Gasteiger partial charge on any atom is -0.455 e. The molecule has 86 valence electrons. The lowest BCUT2D eigenvalue weighted by Crippen LogP contribution is -1.90. The molecule has 0 aromatic heterocycles. The summed E-state index contributed by atoms with van der Waals surface area (Å²) in [5, 5.41) is 0.618. The molecule has 2 rings (SSSR count). The van der Waals surface area contributed by atoms with E-state index in [9.17, 15) is 4.79 Å². The molecule has 0 atom stereocenters. The Morgan fingerprint density at radius 2 is 1.88 bits per heavy atom. The van der Waals surface area contributed by atoms with E-state index >= 15 is 0 Å². The van der Waals surface area contributed by atoms with Gasteiger partial charge in [0.2, 0.25) is 0 Å². The van der Waals surface area contributed by atoms with Gasteiger partial charge >= 0.3 is 0 Å². The van der Waals surface area contributed by atoms with Gasteiger partial charge in [-0.05, 0) is 46.3 Å². The third kappa shape index (κ3) is 2.87. The largest absolute Gasteiger partial charge is 0.455 e. The molecular weight excluding hydrogens is 303 g/mol. The van der Waals surface area contributed by atoms with E-state index < -0.39 is 0 Å². The number of carbonyl (C=O) groups is 1. The number of halogens is 2. The Kier molecular flexibility index (Phi) is 3.82. The van der Waals surface area contributed by atoms with Gasteiger partial charge in [0.1, 0.15) is 11.5 Å². The number of ether oxygens (including phenoxy) is 1. The van der Waals surface area contributed by atoms with E-state index in [4.69, 9.17) is 16.3 Å². The maximum absolute atomic E-state index is 10.8. The molecule has 2 aromatic carbocycles. The summed E-state index contributed by atoms with van der Waals surface area (Å²) in [7, 11) is 0. The molecule has 0 saturated heterocycles. The van der Waals surface area contributed by atoms with Crippen LogP contribution < -0.4 is 4.74 Å². The van der Waals surface area contributed by atoms with Crippen molar-refractivity contribution in [1.29, 1.82) is 0 Å². The Bertz CT molecular complexity index is 555. The number of hydrogen-bond donors (Lipinski definition) is 0. The molecule has 2 aromatic rings. The SMILES string of the molecule is O=Cc1ccccc1Oc1ccc(Cl)cc1Br. The van der Waals surface area contributed by atoms with Crippen LogP contribution in [-0.4, -0.2) is 6.29 Å². The standard InChI is InChI=1S/C13H8BrClO2/c14-11-7-10(15)5-6-13(11)17-12-4-2-1-3-9(12)8-16/h1-8H. The lowest BCUT2D eigenvalue weighted by molar-refractivity contribution is 0.112. The molecule has 4 heteroatoms. The van der Waals surface area contributed by atoms with Gasteiger partial charge in [0.25, 0.3) is 0 Å². The molecule has 0 N–H and O–H groups in total. The molecule has 0 aliphatic rings. The van der Waals surface area contributed by atoms with E-state index in [0.717, 1.165) is 10.8 Å². The number of aldehydes is 1. The summed E-state index contributed by atoms with van der Waals surface area (Å²) in [5.74, 6) is 1.13. The van der Waals surface area contributed by atoms with Crippen LogP contribution in [0.5, 0.6) is 11.5 Å². The van der Waals surface area contributed by atoms with Crippen molar-refractivity contribution >= 4 is 33.8 Å². The lowest BCUT2D eigenvalue weighted by atomic mass is 10.2. The zero-order valence-electron chi connectivity index (χ0n) is 8.69. The van der Waals surface area contributed by atoms with Crippen molar-refractivity contribution in [3.8, 4) is 11.5 Å². The topological polar surface area (TPSA) is 26.3 Å². The van der Waals surface area contributed by atoms with Crippen LogP contribution in [0.25, 0.3) is 0 Å². The van der Waals surface area contributed by atoms with Crippen LogP contribution in [-0.2, 0) is 0 Å². The van der Waals surface area contributed by atoms with Gasteiger partial charge in [0, 0.05) is 5.02 Å². The maximum Gasteiger partial charge on any atom is 0.153 e. The summed E-state index contributed by atoms with van der Waals surface area (Å²) in [5.41, 5.74) is 0.509. The molecule has 0 aliphatic carbocycles. The number of benzene rings is 2. The first-order valence-electron chi connectivity index (χ1n) is 4.88. The Morgan fingerprint density at radius 3 is 2.59 bits per heavy atom. The van der Waals surface area contributed by atoms with Gasteiger partial charge in [0.15, 0.2) is 6.29 Å². The van der Waals surface area contributed by atoms with E-state index in [1.807, 2.05) is 6.07 Å². The molecule has 0 unspecified atom stereocenters. The second kappa shape index (κ2) is 5.34. The normalized spacial score (nSPS) is 10.0. The smallest absolute Gasteiger partial charge is 0.153 e. The lowest BCUT2D eigenvalue weighted by Gasteiger charge is -2.09. The molecule has 0 fully saturated rings. The molecule has 0 saturated carbocycles. The third-order valence-electron chi connectivity index (χ3n) is 2.16. The van der Waals surface area contributed by atoms with Gasteiger partial charge in [-0.15, -0.1) is 0 Å². The van der Waals surface area contributed by atoms with Gasteiger partial charge in [0.05, 0.1) is 10.0 Å². The molecule has 0 heterocycles. The van der Waals surface area contributed by atoms with Crippen LogP contribution >= 0.6 is 27.5 Å². The van der Waals surface area contributed by atoms with Crippen LogP contribution in [0.4, 0.5) is 0 Å². The second-order valence-corrected chi connectivity index (χ2v) is 4.62. The van der Waals surface area contributed by atoms with Crippen molar-refractivity contribution in [2.24, 2.45) is 0 Å². The number of hydrogen-bond acceptors (Lipinski definition) is 2. The van der Waals surface area contributed by atoms with Crippen LogP contribution in [0.3, 0.4) is 0 Å². The molecule has 2 nitrogen and oxygen atoms in total. The van der Waals surface area contributed by atoms with E-state index in [1.165, 1.54) is 0 Å². The quantitative estimate of drug-likeness (QED) is 0.768. The predicted octanol–water partition coefficient (Wildman–Crippen LogP) is 4.71. The highest BCUT2D eigenvalue weighted by atomic mass is 79.9. The second-order valence-electron chi connectivity index (χ2n) is 3.33. The summed E-state index contributed by atoms with van der Waals surface area (Å²) in [4.78, 5) is 10.8. The summed E-state index contributed by atoms with van der Waals surface area (Å²) in [6.45, 7) is 0. The molecular formula is C13H8BrClO2. The first-order chi connectivity index (χ1) is 8.20. The monoisotopic (exact) mass is 310 g/mol. The fourth-order valence-electron chi connectivity index (χ4n) is 1.35. The Balaban J connectivity index is 2.34. The highest BCUT2D eigenvalue weighted by molar-refractivity contribution is 9.10. The Hall–Kier alpha value is -1.32. The Labute approximate surface area is 112 Å². The van der Waals surface area contributed by atoms with E-state index in [2.05, 4.69) is 15.9 Å². The molecule has 17 heavy (non-hydrogen) atoms. The van der Waals surface area contributed by atoms with Crippen LogP contribution in [0, 0.1) is 0 Å². The summed E-state index contributed by atoms with van der Waals surface area (Å²) < 4.78 is 6.39. The van der Waals surface area contributed by atoms with E-state index in [-0.39, 0.29) is 0 Å². The molecule has 0 radical (unpaired) electrons. The fourth-order valence-corrected chi connectivity index (χ4v) is 2.11. The van der Waals surface area contributed by atoms with Gasteiger partial charge < -0.3 is 4.74 Å². The minimum atomic E-state index is 0.509. The highest BCUT2D eigenvalue weighted by Crippen LogP contribution is 2.32. The zero-order chi connectivity index (χ0) is 12.3. The van der Waals surface area contributed by atoms with Crippen LogP contribution in [0.1, 0.15) is 10.4 Å². The highest BCUT2D eigenvalue weighted by Gasteiger charge is 2.06. The Morgan fingerprint density at radius 1 is 1.12 bits per heavy atom. The first kappa shape index (κ1) is 12.1. The van der Waals surface area contributed by atoms with Crippen LogP contribution in [0.15, 0.2) is 46.9 Å². The van der Waals surface area contributed by atoms with Crippen molar-refractivity contribution in [3.05, 3.63) is 57.5 Å². The number of para-hydroxylation sites is 1. The van der Waals surface area contributed by atoms with Crippen molar-refractivity contribution in [3.63, 3.8) is 0 Å². The molecule has 0 spiro atoms. The van der Waals surface area contributed by atoms with E-state index in [0.29, 0.717) is 22.1 Å². The molecule has 0 aliphatic heterocycles. The van der Waals surface area contributed by atoms with Gasteiger partial charge in [-0.1, -0.05) is 23.7 Å².